The number of aryl methyl sites for hydroxylation is 3. The lowest BCUT2D eigenvalue weighted by molar-refractivity contribution is 0.222. The number of hydrogen-bond donors (Lipinski definition) is 2. The lowest BCUT2D eigenvalue weighted by Gasteiger charge is -2.25. The molecule has 0 spiro atoms. The van der Waals surface area contributed by atoms with Gasteiger partial charge in [-0.15, -0.1) is 0 Å². The minimum absolute atomic E-state index is 0.406. The third kappa shape index (κ3) is 5.77. The Kier molecular flexibility index (Phi) is 7.39. The maximum Gasteiger partial charge on any atom is 0.229 e. The zero-order valence-corrected chi connectivity index (χ0v) is 23.0. The third-order valence-electron chi connectivity index (χ3n) is 7.34. The van der Waals surface area contributed by atoms with E-state index in [1.165, 1.54) is 49.9 Å². The molecule has 2 heterocycles. The molecule has 0 saturated carbocycles. The molecule has 1 atom stereocenters. The van der Waals surface area contributed by atoms with E-state index in [0.717, 1.165) is 35.1 Å². The van der Waals surface area contributed by atoms with Crippen molar-refractivity contribution in [2.45, 2.75) is 51.5 Å². The molecule has 0 amide bonds. The molecule has 1 saturated heterocycles. The molecular weight excluding hydrogens is 489 g/mol. The van der Waals surface area contributed by atoms with Crippen LogP contribution < -0.4 is 15.9 Å². The summed E-state index contributed by atoms with van der Waals surface area (Å²) in [6, 6.07) is 13.2. The molecule has 2 aromatic carbocycles. The van der Waals surface area contributed by atoms with Gasteiger partial charge in [0.05, 0.1) is 11.9 Å². The van der Waals surface area contributed by atoms with E-state index < -0.39 is 7.14 Å². The molecule has 0 unspecified atom stereocenters. The van der Waals surface area contributed by atoms with Gasteiger partial charge < -0.3 is 20.1 Å². The Morgan fingerprint density at radius 3 is 2.50 bits per heavy atom. The van der Waals surface area contributed by atoms with Crippen LogP contribution in [0.3, 0.4) is 0 Å². The van der Waals surface area contributed by atoms with Gasteiger partial charge in [-0.25, -0.2) is 4.98 Å². The standard InChI is InChI=1S/C28H35ClN5OP/c1-19-6-13-25(26(16-19)36(2,3)35)32-27-24(29)18-30-28(33-27)31-22-10-7-20-8-11-23(12-9-21(20)17-22)34-14-4-5-15-34/h6-7,10,13,16-18,23H,4-5,8-9,11-12,14-15H2,1-3H3,(H2,30,31,32,33)/t23-/m0/s1. The predicted molar refractivity (Wildman–Crippen MR) is 152 cm³/mol. The molecule has 3 aromatic rings. The van der Waals surface area contributed by atoms with Gasteiger partial charge in [-0.3, -0.25) is 0 Å². The van der Waals surface area contributed by atoms with E-state index in [0.29, 0.717) is 22.8 Å². The lowest BCUT2D eigenvalue weighted by Crippen LogP contribution is -2.32. The van der Waals surface area contributed by atoms with Gasteiger partial charge in [0.15, 0.2) is 5.82 Å². The fourth-order valence-electron chi connectivity index (χ4n) is 5.41. The molecule has 8 heteroatoms. The molecule has 190 valence electrons. The van der Waals surface area contributed by atoms with Crippen molar-refractivity contribution < 1.29 is 4.57 Å². The molecule has 36 heavy (non-hydrogen) atoms. The fraction of sp³-hybridized carbons (Fsp3) is 0.429. The molecule has 0 radical (unpaired) electrons. The average molecular weight is 524 g/mol. The highest BCUT2D eigenvalue weighted by Crippen LogP contribution is 2.39. The Bertz CT molecular complexity index is 1300. The normalized spacial score (nSPS) is 18.5. The van der Waals surface area contributed by atoms with Crippen LogP contribution in [0.5, 0.6) is 0 Å². The van der Waals surface area contributed by atoms with Crippen molar-refractivity contribution in [1.29, 1.82) is 0 Å². The van der Waals surface area contributed by atoms with Crippen LogP contribution in [0, 0.1) is 6.92 Å². The van der Waals surface area contributed by atoms with Gasteiger partial charge in [-0.2, -0.15) is 4.98 Å². The number of halogens is 1. The first kappa shape index (κ1) is 25.3. The first-order valence-corrected chi connectivity index (χ1v) is 15.8. The number of anilines is 4. The summed E-state index contributed by atoms with van der Waals surface area (Å²) in [6.07, 6.45) is 8.99. The van der Waals surface area contributed by atoms with Crippen LogP contribution in [0.2, 0.25) is 5.02 Å². The highest BCUT2D eigenvalue weighted by atomic mass is 35.5. The second-order valence-corrected chi connectivity index (χ2v) is 14.1. The Morgan fingerprint density at radius 1 is 1.00 bits per heavy atom. The first-order chi connectivity index (χ1) is 17.3. The van der Waals surface area contributed by atoms with Crippen molar-refractivity contribution >= 4 is 47.2 Å². The van der Waals surface area contributed by atoms with Gasteiger partial charge in [-0.1, -0.05) is 29.3 Å². The quantitative estimate of drug-likeness (QED) is 0.283. The van der Waals surface area contributed by atoms with E-state index >= 15 is 0 Å². The minimum atomic E-state index is -2.50. The van der Waals surface area contributed by atoms with E-state index in [1.54, 1.807) is 19.5 Å². The molecule has 6 nitrogen and oxygen atoms in total. The van der Waals surface area contributed by atoms with Crippen molar-refractivity contribution in [3.05, 3.63) is 64.3 Å². The van der Waals surface area contributed by atoms with Crippen molar-refractivity contribution in [2.75, 3.05) is 37.1 Å². The fourth-order valence-corrected chi connectivity index (χ4v) is 6.77. The Hall–Kier alpha value is -2.40. The molecule has 1 aliphatic heterocycles. The second kappa shape index (κ2) is 10.5. The van der Waals surface area contributed by atoms with Crippen LogP contribution >= 0.6 is 18.7 Å². The van der Waals surface area contributed by atoms with Gasteiger partial charge >= 0.3 is 0 Å². The molecule has 1 fully saturated rings. The van der Waals surface area contributed by atoms with Crippen molar-refractivity contribution in [3.63, 3.8) is 0 Å². The summed E-state index contributed by atoms with van der Waals surface area (Å²) in [7, 11) is -2.50. The zero-order valence-electron chi connectivity index (χ0n) is 21.4. The maximum atomic E-state index is 12.9. The highest BCUT2D eigenvalue weighted by Gasteiger charge is 2.24. The molecule has 0 bridgehead atoms. The monoisotopic (exact) mass is 523 g/mol. The number of hydrogen-bond acceptors (Lipinski definition) is 6. The van der Waals surface area contributed by atoms with Crippen molar-refractivity contribution in [3.8, 4) is 0 Å². The summed E-state index contributed by atoms with van der Waals surface area (Å²) in [5.41, 5.74) is 5.66. The molecule has 1 aliphatic carbocycles. The number of likely N-dealkylation sites (tertiary alicyclic amines) is 1. The van der Waals surface area contributed by atoms with Gasteiger partial charge in [0.1, 0.15) is 12.2 Å². The minimum Gasteiger partial charge on any atom is -0.338 e. The van der Waals surface area contributed by atoms with Crippen molar-refractivity contribution in [1.82, 2.24) is 14.9 Å². The number of aromatic nitrogens is 2. The van der Waals surface area contributed by atoms with E-state index in [9.17, 15) is 4.57 Å². The molecular formula is C28H35ClN5OP. The van der Waals surface area contributed by atoms with Crippen LogP contribution in [-0.4, -0.2) is 47.3 Å². The molecule has 1 aromatic heterocycles. The van der Waals surface area contributed by atoms with Gasteiger partial charge in [0.25, 0.3) is 0 Å². The summed E-state index contributed by atoms with van der Waals surface area (Å²) in [5, 5.41) is 7.84. The molecule has 5 rings (SSSR count). The summed E-state index contributed by atoms with van der Waals surface area (Å²) in [6.45, 7) is 8.06. The second-order valence-electron chi connectivity index (χ2n) is 10.5. The van der Waals surface area contributed by atoms with E-state index in [2.05, 4.69) is 43.7 Å². The molecule has 2 N–H and O–H groups in total. The molecule has 2 aliphatic rings. The zero-order chi connectivity index (χ0) is 25.3. The summed E-state index contributed by atoms with van der Waals surface area (Å²) in [4.78, 5) is 11.7. The van der Waals surface area contributed by atoms with E-state index in [1.807, 2.05) is 25.1 Å². The number of benzene rings is 2. The summed E-state index contributed by atoms with van der Waals surface area (Å²) >= 11 is 6.44. The topological polar surface area (TPSA) is 70.2 Å². The maximum absolute atomic E-state index is 12.9. The third-order valence-corrected chi connectivity index (χ3v) is 9.15. The predicted octanol–water partition coefficient (Wildman–Crippen LogP) is 6.52. The summed E-state index contributed by atoms with van der Waals surface area (Å²) < 4.78 is 12.9. The van der Waals surface area contributed by atoms with E-state index in [-0.39, 0.29) is 0 Å². The Labute approximate surface area is 219 Å². The summed E-state index contributed by atoms with van der Waals surface area (Å²) in [5.74, 6) is 0.950. The van der Waals surface area contributed by atoms with Gasteiger partial charge in [-0.05, 0) is 107 Å². The van der Waals surface area contributed by atoms with Gasteiger partial charge in [0.2, 0.25) is 5.95 Å². The first-order valence-electron chi connectivity index (χ1n) is 12.8. The number of nitrogens with one attached hydrogen (secondary N) is 2. The van der Waals surface area contributed by atoms with Crippen molar-refractivity contribution in [2.24, 2.45) is 0 Å². The Balaban J connectivity index is 1.33. The van der Waals surface area contributed by atoms with Crippen LogP contribution in [0.15, 0.2) is 42.6 Å². The number of rotatable bonds is 6. The van der Waals surface area contributed by atoms with Crippen LogP contribution in [-0.2, 0) is 17.4 Å². The highest BCUT2D eigenvalue weighted by molar-refractivity contribution is 7.70. The number of fused-ring (bicyclic) bond motifs is 1. The van der Waals surface area contributed by atoms with Gasteiger partial charge in [0, 0.05) is 17.0 Å². The van der Waals surface area contributed by atoms with Crippen LogP contribution in [0.4, 0.5) is 23.1 Å². The number of nitrogens with zero attached hydrogens (tertiary/aromatic N) is 3. The van der Waals surface area contributed by atoms with E-state index in [4.69, 9.17) is 11.6 Å². The smallest absolute Gasteiger partial charge is 0.229 e. The average Bonchev–Trinajstić information content (AvgIpc) is 3.29. The van der Waals surface area contributed by atoms with Crippen LogP contribution in [0.1, 0.15) is 42.4 Å². The van der Waals surface area contributed by atoms with Crippen LogP contribution in [0.25, 0.3) is 0 Å². The Morgan fingerprint density at radius 2 is 1.75 bits per heavy atom. The lowest BCUT2D eigenvalue weighted by atomic mass is 10.0. The SMILES string of the molecule is Cc1ccc(Nc2nc(Nc3ccc4c(c3)CC[C@@H](N3CCCC3)CC4)ncc2Cl)c(P(C)(C)=O)c1. The largest absolute Gasteiger partial charge is 0.338 e.